The number of alkyl halides is 2. The van der Waals surface area contributed by atoms with Crippen molar-refractivity contribution in [1.82, 2.24) is 10.2 Å². The molecule has 6 nitrogen and oxygen atoms in total. The number of anilines is 2. The molecule has 1 aliphatic heterocycles. The van der Waals surface area contributed by atoms with Crippen LogP contribution in [0.4, 0.5) is 24.5 Å². The second kappa shape index (κ2) is 8.08. The van der Waals surface area contributed by atoms with Gasteiger partial charge in [0.05, 0.1) is 41.2 Å². The van der Waals surface area contributed by atoms with Crippen LogP contribution in [-0.4, -0.2) is 45.7 Å². The summed E-state index contributed by atoms with van der Waals surface area (Å²) in [5.41, 5.74) is 1.44. The predicted octanol–water partition coefficient (Wildman–Crippen LogP) is 3.42. The van der Waals surface area contributed by atoms with Crippen molar-refractivity contribution in [3.8, 4) is 0 Å². The first-order chi connectivity index (χ1) is 14.3. The van der Waals surface area contributed by atoms with E-state index in [1.54, 1.807) is 13.0 Å². The van der Waals surface area contributed by atoms with Gasteiger partial charge in [-0.1, -0.05) is 18.2 Å². The monoisotopic (exact) mass is 418 g/mol. The van der Waals surface area contributed by atoms with Crippen LogP contribution < -0.4 is 10.2 Å². The lowest BCUT2D eigenvalue weighted by Crippen LogP contribution is -2.22. The van der Waals surface area contributed by atoms with Gasteiger partial charge < -0.3 is 20.4 Å². The number of nitrogens with one attached hydrogen (secondary N) is 1. The number of nitrogens with zero attached hydrogens (tertiary/aromatic N) is 3. The van der Waals surface area contributed by atoms with Crippen LogP contribution in [-0.2, 0) is 0 Å². The third-order valence-electron chi connectivity index (χ3n) is 5.38. The van der Waals surface area contributed by atoms with Gasteiger partial charge in [0.1, 0.15) is 5.82 Å². The lowest BCUT2D eigenvalue weighted by atomic mass is 10.0. The molecule has 4 rings (SSSR count). The van der Waals surface area contributed by atoms with E-state index in [2.05, 4.69) is 15.5 Å². The number of aliphatic hydroxyl groups is 2. The second-order valence-corrected chi connectivity index (χ2v) is 7.42. The highest BCUT2D eigenvalue weighted by Gasteiger charge is 2.30. The number of halogens is 3. The van der Waals surface area contributed by atoms with Gasteiger partial charge in [0.15, 0.2) is 0 Å². The number of hydrogen-bond donors (Lipinski definition) is 3. The normalized spacial score (nSPS) is 20.2. The Balaban J connectivity index is 1.66. The number of fused-ring (bicyclic) bond motifs is 1. The largest absolute Gasteiger partial charge is 0.389 e. The van der Waals surface area contributed by atoms with Crippen molar-refractivity contribution >= 4 is 22.3 Å². The summed E-state index contributed by atoms with van der Waals surface area (Å²) in [4.78, 5) is 1.86. The van der Waals surface area contributed by atoms with Crippen molar-refractivity contribution < 1.29 is 23.4 Å². The number of β-amino-alcohol motifs (C(OH)–C–C–N with tert-alkyl or cyclic N) is 2. The zero-order valence-electron chi connectivity index (χ0n) is 16.1. The zero-order chi connectivity index (χ0) is 21.4. The number of hydrogen-bond acceptors (Lipinski definition) is 6. The van der Waals surface area contributed by atoms with Crippen molar-refractivity contribution in [2.45, 2.75) is 31.6 Å². The van der Waals surface area contributed by atoms with E-state index in [4.69, 9.17) is 0 Å². The number of aliphatic hydroxyl groups excluding tert-OH is 2. The van der Waals surface area contributed by atoms with E-state index in [1.165, 1.54) is 18.3 Å². The van der Waals surface area contributed by atoms with Gasteiger partial charge in [0.25, 0.3) is 6.43 Å². The summed E-state index contributed by atoms with van der Waals surface area (Å²) >= 11 is 0. The van der Waals surface area contributed by atoms with Crippen LogP contribution in [0, 0.1) is 5.82 Å². The highest BCUT2D eigenvalue weighted by molar-refractivity contribution is 5.93. The van der Waals surface area contributed by atoms with Crippen LogP contribution in [0.2, 0.25) is 0 Å². The van der Waals surface area contributed by atoms with E-state index in [-0.39, 0.29) is 5.56 Å². The number of aromatic nitrogens is 2. The molecule has 0 radical (unpaired) electrons. The standard InChI is InChI=1S/C21H21F3N4O2/c1-11(13-3-2-4-14(20(13)22)21(23)24)26-17-8-25-27-16-6-5-12(7-15(16)17)28-9-18(29)19(30)10-28/h2-8,11,18-19,21,29-30H,9-10H2,1H3,(H,26,27)/t11-,18-,19+/m1/s1. The fourth-order valence-electron chi connectivity index (χ4n) is 3.72. The van der Waals surface area contributed by atoms with Crippen LogP contribution in [0.5, 0.6) is 0 Å². The Bertz CT molecular complexity index is 1060. The second-order valence-electron chi connectivity index (χ2n) is 7.42. The summed E-state index contributed by atoms with van der Waals surface area (Å²) in [6.07, 6.45) is -3.04. The predicted molar refractivity (Wildman–Crippen MR) is 107 cm³/mol. The molecule has 3 aromatic rings. The van der Waals surface area contributed by atoms with Gasteiger partial charge >= 0.3 is 0 Å². The summed E-state index contributed by atoms with van der Waals surface area (Å²) in [5.74, 6) is -0.931. The Labute approximate surface area is 171 Å². The molecule has 0 aliphatic carbocycles. The SMILES string of the molecule is C[C@@H](Nc1cnnc2ccc(N3C[C@@H](O)[C@@H](O)C3)cc12)c1cccc(C(F)F)c1F. The minimum Gasteiger partial charge on any atom is -0.389 e. The Kier molecular flexibility index (Phi) is 5.48. The maximum atomic E-state index is 14.5. The molecular weight excluding hydrogens is 397 g/mol. The number of rotatable bonds is 5. The average molecular weight is 418 g/mol. The zero-order valence-corrected chi connectivity index (χ0v) is 16.1. The molecular formula is C21H21F3N4O2. The molecule has 9 heteroatoms. The molecule has 2 aromatic carbocycles. The van der Waals surface area contributed by atoms with Gasteiger partial charge in [-0.2, -0.15) is 10.2 Å². The van der Waals surface area contributed by atoms with E-state index in [1.807, 2.05) is 17.0 Å². The first-order valence-electron chi connectivity index (χ1n) is 9.54. The molecule has 30 heavy (non-hydrogen) atoms. The van der Waals surface area contributed by atoms with E-state index in [0.29, 0.717) is 29.7 Å². The Morgan fingerprint density at radius 3 is 2.50 bits per heavy atom. The molecule has 3 N–H and O–H groups in total. The van der Waals surface area contributed by atoms with Gasteiger partial charge in [0, 0.05) is 29.7 Å². The van der Waals surface area contributed by atoms with E-state index in [9.17, 15) is 23.4 Å². The van der Waals surface area contributed by atoms with E-state index < -0.39 is 36.1 Å². The summed E-state index contributed by atoms with van der Waals surface area (Å²) in [6.45, 7) is 2.28. The summed E-state index contributed by atoms with van der Waals surface area (Å²) in [5, 5.41) is 31.5. The van der Waals surface area contributed by atoms with Gasteiger partial charge in [0.2, 0.25) is 0 Å². The molecule has 0 spiro atoms. The Hall–Kier alpha value is -2.91. The van der Waals surface area contributed by atoms with Gasteiger partial charge in [-0.05, 0) is 25.1 Å². The highest BCUT2D eigenvalue weighted by Crippen LogP contribution is 2.32. The summed E-state index contributed by atoms with van der Waals surface area (Å²) < 4.78 is 40.6. The maximum absolute atomic E-state index is 14.5. The van der Waals surface area contributed by atoms with E-state index in [0.717, 1.165) is 11.8 Å². The molecule has 1 saturated heterocycles. The fraction of sp³-hybridized carbons (Fsp3) is 0.333. The molecule has 3 atom stereocenters. The first kappa shape index (κ1) is 20.4. The van der Waals surface area contributed by atoms with Crippen molar-refractivity contribution in [2.75, 3.05) is 23.3 Å². The molecule has 0 amide bonds. The van der Waals surface area contributed by atoms with Gasteiger partial charge in [-0.15, -0.1) is 0 Å². The quantitative estimate of drug-likeness (QED) is 0.589. The summed E-state index contributed by atoms with van der Waals surface area (Å²) in [7, 11) is 0. The summed E-state index contributed by atoms with van der Waals surface area (Å²) in [6, 6.07) is 8.77. The van der Waals surface area contributed by atoms with Crippen LogP contribution in [0.15, 0.2) is 42.6 Å². The highest BCUT2D eigenvalue weighted by atomic mass is 19.3. The van der Waals surface area contributed by atoms with Crippen LogP contribution in [0.1, 0.15) is 30.5 Å². The van der Waals surface area contributed by atoms with Crippen molar-refractivity contribution in [3.05, 3.63) is 59.5 Å². The molecule has 1 fully saturated rings. The minimum absolute atomic E-state index is 0.125. The third kappa shape index (κ3) is 3.78. The maximum Gasteiger partial charge on any atom is 0.266 e. The number of benzene rings is 2. The van der Waals surface area contributed by atoms with E-state index >= 15 is 0 Å². The molecule has 0 saturated carbocycles. The Morgan fingerprint density at radius 1 is 1.10 bits per heavy atom. The van der Waals surface area contributed by atoms with Crippen molar-refractivity contribution in [1.29, 1.82) is 0 Å². The lowest BCUT2D eigenvalue weighted by Gasteiger charge is -2.21. The van der Waals surface area contributed by atoms with Crippen molar-refractivity contribution in [2.24, 2.45) is 0 Å². The lowest BCUT2D eigenvalue weighted by molar-refractivity contribution is 0.0572. The fourth-order valence-corrected chi connectivity index (χ4v) is 3.72. The molecule has 1 aliphatic rings. The van der Waals surface area contributed by atoms with Crippen LogP contribution in [0.25, 0.3) is 10.9 Å². The van der Waals surface area contributed by atoms with Crippen LogP contribution in [0.3, 0.4) is 0 Å². The average Bonchev–Trinajstić information content (AvgIpc) is 3.06. The molecule has 2 heterocycles. The molecule has 158 valence electrons. The topological polar surface area (TPSA) is 81.5 Å². The van der Waals surface area contributed by atoms with Crippen molar-refractivity contribution in [3.63, 3.8) is 0 Å². The first-order valence-corrected chi connectivity index (χ1v) is 9.54. The smallest absolute Gasteiger partial charge is 0.266 e. The molecule has 0 unspecified atom stereocenters. The molecule has 1 aromatic heterocycles. The molecule has 0 bridgehead atoms. The van der Waals surface area contributed by atoms with Gasteiger partial charge in [-0.25, -0.2) is 13.2 Å². The van der Waals surface area contributed by atoms with Crippen LogP contribution >= 0.6 is 0 Å². The Morgan fingerprint density at radius 2 is 1.80 bits per heavy atom. The minimum atomic E-state index is -2.89. The third-order valence-corrected chi connectivity index (χ3v) is 5.38. The van der Waals surface area contributed by atoms with Gasteiger partial charge in [-0.3, -0.25) is 0 Å².